The van der Waals surface area contributed by atoms with Crippen LogP contribution in [0.2, 0.25) is 0 Å². The summed E-state index contributed by atoms with van der Waals surface area (Å²) in [5.41, 5.74) is 0. The number of hydrogen-bond donors (Lipinski definition) is 0. The van der Waals surface area contributed by atoms with Crippen LogP contribution in [0.1, 0.15) is 12.8 Å². The monoisotopic (exact) mass is 445 g/mol. The first-order chi connectivity index (χ1) is 13.5. The first-order valence-electron chi connectivity index (χ1n) is 9.52. The van der Waals surface area contributed by atoms with Crippen molar-refractivity contribution in [3.05, 3.63) is 0 Å². The van der Waals surface area contributed by atoms with Crippen LogP contribution >= 0.6 is 15.0 Å². The predicted molar refractivity (Wildman–Crippen MR) is 99.1 cm³/mol. The maximum atomic E-state index is 11.6. The van der Waals surface area contributed by atoms with Crippen molar-refractivity contribution in [2.24, 2.45) is 0 Å². The Kier molecular flexibility index (Phi) is 5.99. The van der Waals surface area contributed by atoms with E-state index in [1.54, 1.807) is 0 Å². The summed E-state index contributed by atoms with van der Waals surface area (Å²) >= 11 is 0. The number of rotatable bonds is 8. The van der Waals surface area contributed by atoms with Crippen molar-refractivity contribution < 1.29 is 45.7 Å². The molecule has 164 valence electrons. The molecule has 0 aromatic carbocycles. The van der Waals surface area contributed by atoms with Crippen molar-refractivity contribution >= 4 is 21.0 Å². The van der Waals surface area contributed by atoms with Gasteiger partial charge >= 0.3 is 164 Å². The second kappa shape index (κ2) is 7.90. The van der Waals surface area contributed by atoms with Gasteiger partial charge in [0.15, 0.2) is 0 Å². The van der Waals surface area contributed by atoms with Crippen LogP contribution in [0.4, 0.5) is 0 Å². The summed E-state index contributed by atoms with van der Waals surface area (Å²) < 4.78 is 52.4. The molecule has 4 heterocycles. The van der Waals surface area contributed by atoms with E-state index in [1.807, 2.05) is 4.90 Å². The minimum absolute atomic E-state index is 0.266. The molecule has 4 fully saturated rings. The van der Waals surface area contributed by atoms with Gasteiger partial charge in [-0.05, 0) is 0 Å². The summed E-state index contributed by atoms with van der Waals surface area (Å²) in [5, 5.41) is 0. The Hall–Kier alpha value is -0.0300. The van der Waals surface area contributed by atoms with Crippen LogP contribution in [0.25, 0.3) is 0 Å². The summed E-state index contributed by atoms with van der Waals surface area (Å²) in [4.78, 5) is 13.6. The zero-order valence-electron chi connectivity index (χ0n) is 16.1. The molecule has 28 heavy (non-hydrogen) atoms. The van der Waals surface area contributed by atoms with Crippen molar-refractivity contribution in [3.8, 4) is 0 Å². The molecule has 2 spiro atoms. The van der Waals surface area contributed by atoms with Crippen LogP contribution in [0.5, 0.6) is 0 Å². The van der Waals surface area contributed by atoms with E-state index in [2.05, 4.69) is 0 Å². The average molecular weight is 445 g/mol. The molecule has 0 aromatic heterocycles. The Morgan fingerprint density at radius 3 is 1.43 bits per heavy atom. The van der Waals surface area contributed by atoms with E-state index in [0.717, 1.165) is 0 Å². The van der Waals surface area contributed by atoms with Gasteiger partial charge in [-0.15, -0.1) is 0 Å². The van der Waals surface area contributed by atoms with Gasteiger partial charge in [0.25, 0.3) is 0 Å². The van der Waals surface area contributed by atoms with Crippen molar-refractivity contribution in [1.29, 1.82) is 0 Å². The summed E-state index contributed by atoms with van der Waals surface area (Å²) in [7, 11) is -6.00. The van der Waals surface area contributed by atoms with Gasteiger partial charge in [-0.2, -0.15) is 0 Å². The van der Waals surface area contributed by atoms with E-state index in [1.165, 1.54) is 7.11 Å². The standard InChI is InChI=1S/C15H29NO10P2/c1-18-15(17)3-2-4-16(13-27(19-5-6-20-27)21-7-8-22-27)14-28(23-9-10-24-28)25-11-12-26-28/h2-14H2,1H3. The molecular weight excluding hydrogens is 416 g/mol. The van der Waals surface area contributed by atoms with Gasteiger partial charge in [-0.3, -0.25) is 0 Å². The van der Waals surface area contributed by atoms with Crippen LogP contribution in [0.3, 0.4) is 0 Å². The summed E-state index contributed by atoms with van der Waals surface area (Å²) in [6, 6.07) is 0. The van der Waals surface area contributed by atoms with Gasteiger partial charge in [-0.1, -0.05) is 0 Å². The van der Waals surface area contributed by atoms with Crippen LogP contribution in [-0.2, 0) is 45.7 Å². The Bertz CT molecular complexity index is 496. The third-order valence-corrected chi connectivity index (χ3v) is 12.2. The molecule has 0 atom stereocenters. The molecule has 0 bridgehead atoms. The summed E-state index contributed by atoms with van der Waals surface area (Å²) in [5.74, 6) is -0.266. The zero-order chi connectivity index (χ0) is 19.6. The van der Waals surface area contributed by atoms with Crippen molar-refractivity contribution in [3.63, 3.8) is 0 Å². The van der Waals surface area contributed by atoms with Crippen molar-refractivity contribution in [2.75, 3.05) is 79.1 Å². The third kappa shape index (κ3) is 3.96. The predicted octanol–water partition coefficient (Wildman–Crippen LogP) is 1.77. The maximum absolute atomic E-state index is 11.6. The Balaban J connectivity index is 1.53. The van der Waals surface area contributed by atoms with E-state index in [0.29, 0.717) is 65.8 Å². The third-order valence-electron chi connectivity index (χ3n) is 5.00. The zero-order valence-corrected chi connectivity index (χ0v) is 17.9. The molecule has 0 amide bonds. The quantitative estimate of drug-likeness (QED) is 0.403. The first-order valence-corrected chi connectivity index (χ1v) is 13.7. The molecule has 4 saturated heterocycles. The average Bonchev–Trinajstić information content (AvgIpc) is 3.47. The number of ether oxygens (including phenoxy) is 1. The molecule has 4 aliphatic rings. The number of carbonyl (C=O) groups is 1. The molecular formula is C15H29NO10P2. The Morgan fingerprint density at radius 2 is 1.11 bits per heavy atom. The van der Waals surface area contributed by atoms with Gasteiger partial charge in [0, 0.05) is 0 Å². The van der Waals surface area contributed by atoms with E-state index in [4.69, 9.17) is 40.9 Å². The fourth-order valence-electron chi connectivity index (χ4n) is 3.87. The molecule has 0 N–H and O–H groups in total. The second-order valence-electron chi connectivity index (χ2n) is 6.95. The molecule has 0 aromatic rings. The van der Waals surface area contributed by atoms with Gasteiger partial charge in [-0.25, -0.2) is 0 Å². The Morgan fingerprint density at radius 1 is 0.750 bits per heavy atom. The van der Waals surface area contributed by atoms with Crippen LogP contribution < -0.4 is 0 Å². The van der Waals surface area contributed by atoms with E-state index in [-0.39, 0.29) is 25.0 Å². The number of carbonyl (C=O) groups excluding carboxylic acids is 1. The van der Waals surface area contributed by atoms with Crippen LogP contribution in [0, 0.1) is 0 Å². The van der Waals surface area contributed by atoms with E-state index >= 15 is 0 Å². The summed E-state index contributed by atoms with van der Waals surface area (Å²) in [6.07, 6.45) is 1.38. The SMILES string of the molecule is COC(=O)CCCN(CP12(OCCO1)OCCO2)CP12(OCCO1)OCCO2. The number of esters is 1. The fourth-order valence-corrected chi connectivity index (χ4v) is 10.8. The van der Waals surface area contributed by atoms with Crippen LogP contribution in [0.15, 0.2) is 0 Å². The molecule has 0 aliphatic carbocycles. The number of hydrogen-bond acceptors (Lipinski definition) is 11. The number of methoxy groups -OCH3 is 1. The van der Waals surface area contributed by atoms with Crippen molar-refractivity contribution in [2.45, 2.75) is 12.8 Å². The topological polar surface area (TPSA) is 103 Å². The van der Waals surface area contributed by atoms with Crippen molar-refractivity contribution in [1.82, 2.24) is 4.90 Å². The van der Waals surface area contributed by atoms with E-state index < -0.39 is 15.0 Å². The van der Waals surface area contributed by atoms with Gasteiger partial charge in [0.2, 0.25) is 0 Å². The summed E-state index contributed by atoms with van der Waals surface area (Å²) in [6.45, 7) is 3.83. The van der Waals surface area contributed by atoms with Gasteiger partial charge in [0.05, 0.1) is 0 Å². The van der Waals surface area contributed by atoms with E-state index in [9.17, 15) is 4.79 Å². The second-order valence-corrected chi connectivity index (χ2v) is 13.4. The van der Waals surface area contributed by atoms with Crippen LogP contribution in [-0.4, -0.2) is 90.0 Å². The molecule has 0 radical (unpaired) electrons. The Labute approximate surface area is 164 Å². The van der Waals surface area contributed by atoms with Gasteiger partial charge in [0.1, 0.15) is 0 Å². The molecule has 13 heteroatoms. The molecule has 4 rings (SSSR count). The molecule has 4 aliphatic heterocycles. The molecule has 0 saturated carbocycles. The molecule has 0 unspecified atom stereocenters. The molecule has 11 nitrogen and oxygen atoms in total. The normalized spacial score (nSPS) is 32.2. The van der Waals surface area contributed by atoms with Gasteiger partial charge < -0.3 is 0 Å². The first kappa shape index (κ1) is 21.2. The fraction of sp³-hybridized carbons (Fsp3) is 0.933. The minimum atomic E-state index is -3.69. The number of nitrogens with zero attached hydrogens (tertiary/aromatic N) is 1.